The highest BCUT2D eigenvalue weighted by molar-refractivity contribution is 5.85. The molecule has 0 spiro atoms. The van der Waals surface area contributed by atoms with Gasteiger partial charge in [-0.2, -0.15) is 0 Å². The van der Waals surface area contributed by atoms with E-state index in [0.717, 1.165) is 50.3 Å². The van der Waals surface area contributed by atoms with Gasteiger partial charge in [0.25, 0.3) is 0 Å². The zero-order valence-electron chi connectivity index (χ0n) is 12.4. The van der Waals surface area contributed by atoms with Gasteiger partial charge in [0.1, 0.15) is 11.5 Å². The van der Waals surface area contributed by atoms with Crippen LogP contribution in [0, 0.1) is 5.92 Å². The van der Waals surface area contributed by atoms with Gasteiger partial charge in [-0.15, -0.1) is 25.6 Å². The van der Waals surface area contributed by atoms with Crippen molar-refractivity contribution >= 4 is 12.4 Å². The molecule has 2 atom stereocenters. The van der Waals surface area contributed by atoms with Crippen LogP contribution in [0.4, 0.5) is 13.2 Å². The number of alkyl halides is 3. The number of benzene rings is 1. The molecule has 2 rings (SSSR count). The fourth-order valence-corrected chi connectivity index (χ4v) is 2.95. The van der Waals surface area contributed by atoms with Crippen LogP contribution in [-0.2, 0) is 0 Å². The predicted octanol–water partition coefficient (Wildman–Crippen LogP) is 3.65. The molecule has 0 heterocycles. The van der Waals surface area contributed by atoms with Crippen molar-refractivity contribution in [1.29, 1.82) is 0 Å². The largest absolute Gasteiger partial charge is 0.573 e. The minimum Gasteiger partial charge on any atom is -0.508 e. The maximum Gasteiger partial charge on any atom is 0.573 e. The zero-order valence-corrected chi connectivity index (χ0v) is 13.2. The Labute approximate surface area is 138 Å². The molecule has 1 fully saturated rings. The fourth-order valence-electron chi connectivity index (χ4n) is 2.95. The molecular weight excluding hydrogens is 335 g/mol. The Hall–Kier alpha value is -1.18. The smallest absolute Gasteiger partial charge is 0.508 e. The normalized spacial score (nSPS) is 18.8. The summed E-state index contributed by atoms with van der Waals surface area (Å²) in [5.74, 6) is -0.723. The third-order valence-corrected chi connectivity index (χ3v) is 4.09. The number of aromatic hydroxyl groups is 1. The summed E-state index contributed by atoms with van der Waals surface area (Å²) in [5.41, 5.74) is 6.01. The number of phenols is 1. The second kappa shape index (κ2) is 8.08. The molecule has 8 heteroatoms. The van der Waals surface area contributed by atoms with E-state index >= 15 is 0 Å². The number of rotatable bonds is 4. The van der Waals surface area contributed by atoms with Gasteiger partial charge in [-0.25, -0.2) is 0 Å². The summed E-state index contributed by atoms with van der Waals surface area (Å²) < 4.78 is 40.6. The predicted molar refractivity (Wildman–Crippen MR) is 81.5 cm³/mol. The van der Waals surface area contributed by atoms with Crippen LogP contribution in [-0.4, -0.2) is 22.7 Å². The SMILES string of the molecule is Cl.N[C@H](c1cc(OC(F)(F)F)ccc1O)[C@@H](O)C1CCCCC1. The molecule has 0 aromatic heterocycles. The van der Waals surface area contributed by atoms with Gasteiger partial charge in [0.15, 0.2) is 0 Å². The topological polar surface area (TPSA) is 75.7 Å². The second-order valence-electron chi connectivity index (χ2n) is 5.68. The molecule has 4 N–H and O–H groups in total. The molecule has 23 heavy (non-hydrogen) atoms. The second-order valence-corrected chi connectivity index (χ2v) is 5.68. The summed E-state index contributed by atoms with van der Waals surface area (Å²) in [7, 11) is 0. The maximum atomic E-state index is 12.3. The number of hydrogen-bond acceptors (Lipinski definition) is 4. The third kappa shape index (κ3) is 5.44. The van der Waals surface area contributed by atoms with Crippen LogP contribution in [0.15, 0.2) is 18.2 Å². The van der Waals surface area contributed by atoms with Crippen LogP contribution in [0.3, 0.4) is 0 Å². The molecule has 0 radical (unpaired) electrons. The van der Waals surface area contributed by atoms with Crippen LogP contribution in [0.2, 0.25) is 0 Å². The molecular formula is C15H21ClF3NO3. The molecule has 0 unspecified atom stereocenters. The Morgan fingerprint density at radius 2 is 1.78 bits per heavy atom. The molecule has 4 nitrogen and oxygen atoms in total. The van der Waals surface area contributed by atoms with Gasteiger partial charge in [-0.1, -0.05) is 19.3 Å². The van der Waals surface area contributed by atoms with E-state index in [1.165, 1.54) is 0 Å². The first kappa shape index (κ1) is 19.9. The van der Waals surface area contributed by atoms with Gasteiger partial charge >= 0.3 is 6.36 Å². The first-order valence-corrected chi connectivity index (χ1v) is 7.30. The number of phenolic OH excluding ortho intramolecular Hbond substituents is 1. The Balaban J connectivity index is 0.00000264. The van der Waals surface area contributed by atoms with E-state index in [1.807, 2.05) is 0 Å². The first-order valence-electron chi connectivity index (χ1n) is 7.30. The van der Waals surface area contributed by atoms with Crippen LogP contribution >= 0.6 is 12.4 Å². The molecule has 132 valence electrons. The van der Waals surface area contributed by atoms with Crippen molar-refractivity contribution < 1.29 is 28.1 Å². The molecule has 0 aliphatic heterocycles. The number of nitrogens with two attached hydrogens (primary N) is 1. The highest BCUT2D eigenvalue weighted by Crippen LogP contribution is 2.36. The summed E-state index contributed by atoms with van der Waals surface area (Å²) in [4.78, 5) is 0. The van der Waals surface area contributed by atoms with Crippen molar-refractivity contribution in [1.82, 2.24) is 0 Å². The standard InChI is InChI=1S/C15H20F3NO3.ClH/c16-15(17,18)22-10-6-7-12(20)11(8-10)13(19)14(21)9-4-2-1-3-5-9;/h6-9,13-14,20-21H,1-5,19H2;1H/t13-,14+;/m1./s1. The van der Waals surface area contributed by atoms with E-state index in [4.69, 9.17) is 5.73 Å². The summed E-state index contributed by atoms with van der Waals surface area (Å²) in [6.45, 7) is 0. The van der Waals surface area contributed by atoms with Gasteiger partial charge < -0.3 is 20.7 Å². The molecule has 1 aliphatic rings. The molecule has 0 saturated heterocycles. The Bertz CT molecular complexity index is 507. The maximum absolute atomic E-state index is 12.3. The quantitative estimate of drug-likeness (QED) is 0.770. The number of ether oxygens (including phenoxy) is 1. The average Bonchev–Trinajstić information content (AvgIpc) is 2.47. The van der Waals surface area contributed by atoms with E-state index in [9.17, 15) is 23.4 Å². The van der Waals surface area contributed by atoms with Gasteiger partial charge in [-0.3, -0.25) is 0 Å². The van der Waals surface area contributed by atoms with Crippen molar-refractivity contribution in [2.75, 3.05) is 0 Å². The van der Waals surface area contributed by atoms with Gasteiger partial charge in [-0.05, 0) is 37.0 Å². The lowest BCUT2D eigenvalue weighted by Gasteiger charge is -2.31. The third-order valence-electron chi connectivity index (χ3n) is 4.09. The Kier molecular flexibility index (Phi) is 6.98. The fraction of sp³-hybridized carbons (Fsp3) is 0.600. The van der Waals surface area contributed by atoms with Crippen molar-refractivity contribution in [3.8, 4) is 11.5 Å². The average molecular weight is 356 g/mol. The van der Waals surface area contributed by atoms with Crippen molar-refractivity contribution in [2.24, 2.45) is 11.7 Å². The molecule has 1 aromatic rings. The number of aliphatic hydroxyl groups excluding tert-OH is 1. The molecule has 0 amide bonds. The first-order chi connectivity index (χ1) is 10.3. The summed E-state index contributed by atoms with van der Waals surface area (Å²) >= 11 is 0. The highest BCUT2D eigenvalue weighted by Gasteiger charge is 2.33. The van der Waals surface area contributed by atoms with E-state index in [-0.39, 0.29) is 29.6 Å². The highest BCUT2D eigenvalue weighted by atomic mass is 35.5. The number of hydrogen-bond donors (Lipinski definition) is 3. The van der Waals surface area contributed by atoms with E-state index in [0.29, 0.717) is 0 Å². The molecule has 1 saturated carbocycles. The van der Waals surface area contributed by atoms with Crippen LogP contribution in [0.1, 0.15) is 43.7 Å². The van der Waals surface area contributed by atoms with Gasteiger partial charge in [0, 0.05) is 5.56 Å². The monoisotopic (exact) mass is 355 g/mol. The minimum absolute atomic E-state index is 0. The molecule has 0 bridgehead atoms. The number of aliphatic hydroxyl groups is 1. The lowest BCUT2D eigenvalue weighted by Crippen LogP contribution is -2.34. The van der Waals surface area contributed by atoms with E-state index in [1.54, 1.807) is 0 Å². The summed E-state index contributed by atoms with van der Waals surface area (Å²) in [6, 6.07) is 2.16. The van der Waals surface area contributed by atoms with Crippen LogP contribution in [0.5, 0.6) is 11.5 Å². The van der Waals surface area contributed by atoms with Gasteiger partial charge in [0.2, 0.25) is 0 Å². The van der Waals surface area contributed by atoms with E-state index < -0.39 is 24.3 Å². The lowest BCUT2D eigenvalue weighted by molar-refractivity contribution is -0.274. The van der Waals surface area contributed by atoms with Crippen molar-refractivity contribution in [2.45, 2.75) is 50.6 Å². The number of halogens is 4. The van der Waals surface area contributed by atoms with Crippen molar-refractivity contribution in [3.63, 3.8) is 0 Å². The van der Waals surface area contributed by atoms with Crippen LogP contribution in [0.25, 0.3) is 0 Å². The van der Waals surface area contributed by atoms with Crippen LogP contribution < -0.4 is 10.5 Å². The lowest BCUT2D eigenvalue weighted by atomic mass is 9.81. The summed E-state index contributed by atoms with van der Waals surface area (Å²) in [5, 5.41) is 20.2. The zero-order chi connectivity index (χ0) is 16.3. The minimum atomic E-state index is -4.82. The molecule has 1 aliphatic carbocycles. The van der Waals surface area contributed by atoms with Gasteiger partial charge in [0.05, 0.1) is 12.1 Å². The Morgan fingerprint density at radius 1 is 1.17 bits per heavy atom. The van der Waals surface area contributed by atoms with E-state index in [2.05, 4.69) is 4.74 Å². The summed E-state index contributed by atoms with van der Waals surface area (Å²) in [6.07, 6.45) is -0.968. The Morgan fingerprint density at radius 3 is 2.35 bits per heavy atom. The van der Waals surface area contributed by atoms with Crippen molar-refractivity contribution in [3.05, 3.63) is 23.8 Å². The molecule has 1 aromatic carbocycles.